The van der Waals surface area contributed by atoms with E-state index < -0.39 is 12.0 Å². The number of aromatic carboxylic acids is 1. The largest absolute Gasteiger partial charge is 0.495 e. The lowest BCUT2D eigenvalue weighted by molar-refractivity contribution is 0.0697. The molecule has 0 spiro atoms. The molecular weight excluding hydrogens is 276 g/mol. The maximum atomic E-state index is 11.9. The summed E-state index contributed by atoms with van der Waals surface area (Å²) in [6.45, 7) is 4.65. The second-order valence-corrected chi connectivity index (χ2v) is 4.38. The van der Waals surface area contributed by atoms with E-state index in [0.29, 0.717) is 24.7 Å². The fourth-order valence-corrected chi connectivity index (χ4v) is 1.66. The Hall–Kier alpha value is -2.28. The lowest BCUT2D eigenvalue weighted by Crippen LogP contribution is -2.38. The number of hydrogen-bond donors (Lipinski definition) is 3. The molecule has 1 aromatic carbocycles. The van der Waals surface area contributed by atoms with E-state index in [-0.39, 0.29) is 11.6 Å². The fourth-order valence-electron chi connectivity index (χ4n) is 1.66. The number of methoxy groups -OCH3 is 1. The van der Waals surface area contributed by atoms with Crippen molar-refractivity contribution in [2.45, 2.75) is 19.9 Å². The summed E-state index contributed by atoms with van der Waals surface area (Å²) in [4.78, 5) is 22.8. The number of urea groups is 1. The molecule has 2 amide bonds. The summed E-state index contributed by atoms with van der Waals surface area (Å²) >= 11 is 0. The van der Waals surface area contributed by atoms with E-state index in [9.17, 15) is 9.59 Å². The van der Waals surface area contributed by atoms with Gasteiger partial charge in [0.1, 0.15) is 5.75 Å². The number of carboxylic acids is 1. The SMILES string of the molecule is CCOCC(C)NC(=O)Nc1cc(C(=O)O)ccc1OC. The van der Waals surface area contributed by atoms with Crippen molar-refractivity contribution < 1.29 is 24.2 Å². The summed E-state index contributed by atoms with van der Waals surface area (Å²) in [7, 11) is 1.44. The normalized spacial score (nSPS) is 11.6. The highest BCUT2D eigenvalue weighted by molar-refractivity contribution is 5.94. The van der Waals surface area contributed by atoms with Crippen LogP contribution in [0.4, 0.5) is 10.5 Å². The molecule has 3 N–H and O–H groups in total. The van der Waals surface area contributed by atoms with Crippen LogP contribution < -0.4 is 15.4 Å². The molecule has 1 atom stereocenters. The van der Waals surface area contributed by atoms with Crippen molar-refractivity contribution in [3.8, 4) is 5.75 Å². The summed E-state index contributed by atoms with van der Waals surface area (Å²) in [5, 5.41) is 14.2. The van der Waals surface area contributed by atoms with Crippen molar-refractivity contribution in [3.05, 3.63) is 23.8 Å². The van der Waals surface area contributed by atoms with E-state index >= 15 is 0 Å². The summed E-state index contributed by atoms with van der Waals surface area (Å²) in [5.74, 6) is -0.696. The maximum absolute atomic E-state index is 11.9. The third-order valence-electron chi connectivity index (χ3n) is 2.64. The van der Waals surface area contributed by atoms with E-state index in [4.69, 9.17) is 14.6 Å². The smallest absolute Gasteiger partial charge is 0.335 e. The fraction of sp³-hybridized carbons (Fsp3) is 0.429. The molecule has 1 unspecified atom stereocenters. The summed E-state index contributed by atoms with van der Waals surface area (Å²) in [6, 6.07) is 3.61. The maximum Gasteiger partial charge on any atom is 0.335 e. The quantitative estimate of drug-likeness (QED) is 0.714. The van der Waals surface area contributed by atoms with Gasteiger partial charge in [-0.15, -0.1) is 0 Å². The van der Waals surface area contributed by atoms with E-state index in [0.717, 1.165) is 0 Å². The van der Waals surface area contributed by atoms with Gasteiger partial charge in [-0.3, -0.25) is 0 Å². The Morgan fingerprint density at radius 1 is 1.38 bits per heavy atom. The monoisotopic (exact) mass is 296 g/mol. The van der Waals surface area contributed by atoms with Gasteiger partial charge in [-0.25, -0.2) is 9.59 Å². The van der Waals surface area contributed by atoms with Crippen LogP contribution in [0.1, 0.15) is 24.2 Å². The Kier molecular flexibility index (Phi) is 6.48. The first-order chi connectivity index (χ1) is 9.97. The highest BCUT2D eigenvalue weighted by Gasteiger charge is 2.13. The molecule has 1 rings (SSSR count). The number of anilines is 1. The Bertz CT molecular complexity index is 504. The number of carbonyl (C=O) groups is 2. The van der Waals surface area contributed by atoms with Gasteiger partial charge in [-0.2, -0.15) is 0 Å². The zero-order valence-corrected chi connectivity index (χ0v) is 12.3. The van der Waals surface area contributed by atoms with Crippen LogP contribution >= 0.6 is 0 Å². The van der Waals surface area contributed by atoms with Gasteiger partial charge in [0.15, 0.2) is 0 Å². The molecule has 1 aromatic rings. The third-order valence-corrected chi connectivity index (χ3v) is 2.64. The van der Waals surface area contributed by atoms with Crippen molar-refractivity contribution >= 4 is 17.7 Å². The average molecular weight is 296 g/mol. The molecule has 21 heavy (non-hydrogen) atoms. The zero-order chi connectivity index (χ0) is 15.8. The standard InChI is InChI=1S/C14H20N2O5/c1-4-21-8-9(2)15-14(19)16-11-7-10(13(17)18)5-6-12(11)20-3/h5-7,9H,4,8H2,1-3H3,(H,17,18)(H2,15,16,19). The Balaban J connectivity index is 2.74. The molecule has 0 aromatic heterocycles. The van der Waals surface area contributed by atoms with Gasteiger partial charge in [0, 0.05) is 6.61 Å². The molecule has 0 saturated carbocycles. The predicted molar refractivity (Wildman–Crippen MR) is 78.1 cm³/mol. The molecule has 116 valence electrons. The Labute approximate surface area is 123 Å². The first-order valence-corrected chi connectivity index (χ1v) is 6.54. The number of carbonyl (C=O) groups excluding carboxylic acids is 1. The number of rotatable bonds is 7. The summed E-state index contributed by atoms with van der Waals surface area (Å²) in [5.41, 5.74) is 0.354. The lowest BCUT2D eigenvalue weighted by Gasteiger charge is -2.16. The van der Waals surface area contributed by atoms with Crippen molar-refractivity contribution in [2.75, 3.05) is 25.6 Å². The number of benzene rings is 1. The van der Waals surface area contributed by atoms with Crippen molar-refractivity contribution in [1.82, 2.24) is 5.32 Å². The number of nitrogens with one attached hydrogen (secondary N) is 2. The highest BCUT2D eigenvalue weighted by Crippen LogP contribution is 2.25. The van der Waals surface area contributed by atoms with Crippen LogP contribution in [0.2, 0.25) is 0 Å². The van der Waals surface area contributed by atoms with Gasteiger partial charge >= 0.3 is 12.0 Å². The van der Waals surface area contributed by atoms with Gasteiger partial charge in [0.25, 0.3) is 0 Å². The van der Waals surface area contributed by atoms with Gasteiger partial charge < -0.3 is 25.2 Å². The van der Waals surface area contributed by atoms with Gasteiger partial charge in [-0.1, -0.05) is 0 Å². The lowest BCUT2D eigenvalue weighted by atomic mass is 10.2. The van der Waals surface area contributed by atoms with Crippen LogP contribution in [0, 0.1) is 0 Å². The molecular formula is C14H20N2O5. The van der Waals surface area contributed by atoms with Crippen molar-refractivity contribution in [1.29, 1.82) is 0 Å². The number of amides is 2. The molecule has 0 saturated heterocycles. The van der Waals surface area contributed by atoms with E-state index in [1.807, 2.05) is 6.92 Å². The minimum Gasteiger partial charge on any atom is -0.495 e. The topological polar surface area (TPSA) is 96.9 Å². The molecule has 0 aliphatic rings. The van der Waals surface area contributed by atoms with Crippen molar-refractivity contribution in [3.63, 3.8) is 0 Å². The molecule has 0 heterocycles. The van der Waals surface area contributed by atoms with E-state index in [2.05, 4.69) is 10.6 Å². The molecule has 0 fully saturated rings. The Morgan fingerprint density at radius 3 is 2.67 bits per heavy atom. The second kappa shape index (κ2) is 8.11. The van der Waals surface area contributed by atoms with Gasteiger partial charge in [-0.05, 0) is 32.0 Å². The van der Waals surface area contributed by atoms with E-state index in [1.165, 1.54) is 25.3 Å². The van der Waals surface area contributed by atoms with Crippen molar-refractivity contribution in [2.24, 2.45) is 0 Å². The van der Waals surface area contributed by atoms with Crippen LogP contribution in [-0.4, -0.2) is 43.5 Å². The minimum atomic E-state index is -1.08. The highest BCUT2D eigenvalue weighted by atomic mass is 16.5. The molecule has 7 nitrogen and oxygen atoms in total. The molecule has 7 heteroatoms. The molecule has 0 aliphatic heterocycles. The molecule has 0 bridgehead atoms. The minimum absolute atomic E-state index is 0.0634. The Morgan fingerprint density at radius 2 is 2.10 bits per heavy atom. The van der Waals surface area contributed by atoms with Crippen LogP contribution in [0.15, 0.2) is 18.2 Å². The predicted octanol–water partition coefficient (Wildman–Crippen LogP) is 1.94. The van der Waals surface area contributed by atoms with Crippen LogP contribution in [0.25, 0.3) is 0 Å². The van der Waals surface area contributed by atoms with Crippen LogP contribution in [-0.2, 0) is 4.74 Å². The van der Waals surface area contributed by atoms with Crippen LogP contribution in [0.3, 0.4) is 0 Å². The average Bonchev–Trinajstić information content (AvgIpc) is 2.44. The number of hydrogen-bond acceptors (Lipinski definition) is 4. The zero-order valence-electron chi connectivity index (χ0n) is 12.3. The molecule has 0 radical (unpaired) electrons. The second-order valence-electron chi connectivity index (χ2n) is 4.38. The third kappa shape index (κ3) is 5.31. The summed E-state index contributed by atoms with van der Waals surface area (Å²) in [6.07, 6.45) is 0. The van der Waals surface area contributed by atoms with Gasteiger partial charge in [0.05, 0.1) is 31.0 Å². The number of ether oxygens (including phenoxy) is 2. The van der Waals surface area contributed by atoms with Gasteiger partial charge in [0.2, 0.25) is 0 Å². The van der Waals surface area contributed by atoms with E-state index in [1.54, 1.807) is 6.92 Å². The number of carboxylic acid groups (broad SMARTS) is 1. The molecule has 0 aliphatic carbocycles. The first-order valence-electron chi connectivity index (χ1n) is 6.54. The first kappa shape index (κ1) is 16.8. The summed E-state index contributed by atoms with van der Waals surface area (Å²) < 4.78 is 10.3. The van der Waals surface area contributed by atoms with Crippen LogP contribution in [0.5, 0.6) is 5.75 Å².